The first-order valence-corrected chi connectivity index (χ1v) is 8.05. The van der Waals surface area contributed by atoms with Crippen LogP contribution in [0.3, 0.4) is 0 Å². The fourth-order valence-corrected chi connectivity index (χ4v) is 2.11. The molecule has 2 atom stereocenters. The molecule has 0 aromatic rings. The van der Waals surface area contributed by atoms with Crippen LogP contribution >= 0.6 is 0 Å². The third kappa shape index (κ3) is 9.33. The van der Waals surface area contributed by atoms with Crippen LogP contribution in [0.4, 0.5) is 0 Å². The molecule has 0 aliphatic rings. The normalized spacial score (nSPS) is 14.2. The fourth-order valence-electron chi connectivity index (χ4n) is 2.11. The maximum atomic E-state index is 5.00. The molecule has 1 heteroatoms. The Hall–Kier alpha value is -1.24. The predicted molar refractivity (Wildman–Crippen MR) is 95.2 cm³/mol. The molecule has 0 aromatic carbocycles. The highest BCUT2D eigenvalue weighted by molar-refractivity contribution is 5.37. The third-order valence-corrected chi connectivity index (χ3v) is 4.26. The van der Waals surface area contributed by atoms with Crippen molar-refractivity contribution in [2.45, 2.75) is 53.4 Å². The Morgan fingerprint density at radius 3 is 2.00 bits per heavy atom. The molecule has 0 aliphatic carbocycles. The largest absolute Gasteiger partial charge is 0.497 e. The van der Waals surface area contributed by atoms with Gasteiger partial charge in [-0.25, -0.2) is 0 Å². The molecule has 0 amide bonds. The summed E-state index contributed by atoms with van der Waals surface area (Å²) in [7, 11) is 1.62. The molecule has 0 fully saturated rings. The van der Waals surface area contributed by atoms with E-state index in [0.29, 0.717) is 5.76 Å². The Kier molecular flexibility index (Phi) is 9.86. The third-order valence-electron chi connectivity index (χ3n) is 4.26. The van der Waals surface area contributed by atoms with Crippen LogP contribution in [0.25, 0.3) is 0 Å². The average Bonchev–Trinajstić information content (AvgIpc) is 2.46. The van der Waals surface area contributed by atoms with E-state index in [1.54, 1.807) is 7.11 Å². The maximum absolute atomic E-state index is 5.00. The highest BCUT2D eigenvalue weighted by atomic mass is 16.5. The van der Waals surface area contributed by atoms with Gasteiger partial charge < -0.3 is 4.74 Å². The molecule has 0 heterocycles. The van der Waals surface area contributed by atoms with Crippen LogP contribution in [0, 0.1) is 17.8 Å². The summed E-state index contributed by atoms with van der Waals surface area (Å²) in [6, 6.07) is 0. The molecule has 0 aliphatic heterocycles. The van der Waals surface area contributed by atoms with Gasteiger partial charge in [-0.1, -0.05) is 66.3 Å². The van der Waals surface area contributed by atoms with Crippen molar-refractivity contribution in [2.75, 3.05) is 7.11 Å². The molecule has 0 bridgehead atoms. The standard InChI is InChI=1S/C20H34O/c1-15(2)9-10-16(3)17(4)11-12-18(5)19(6)13-14-20(7)21-8/h13-17H,5-7,9-12H2,1-4,8H3/b14-13-. The van der Waals surface area contributed by atoms with Crippen LogP contribution in [0.1, 0.15) is 53.4 Å². The zero-order valence-corrected chi connectivity index (χ0v) is 14.7. The number of hydrogen-bond donors (Lipinski definition) is 0. The minimum absolute atomic E-state index is 0.639. The average molecular weight is 290 g/mol. The summed E-state index contributed by atoms with van der Waals surface area (Å²) < 4.78 is 5.00. The predicted octanol–water partition coefficient (Wildman–Crippen LogP) is 6.30. The molecule has 0 rings (SSSR count). The summed E-state index contributed by atoms with van der Waals surface area (Å²) in [6.45, 7) is 21.3. The van der Waals surface area contributed by atoms with Crippen molar-refractivity contribution < 1.29 is 4.74 Å². The van der Waals surface area contributed by atoms with Crippen molar-refractivity contribution in [1.82, 2.24) is 0 Å². The lowest BCUT2D eigenvalue weighted by Gasteiger charge is -2.21. The van der Waals surface area contributed by atoms with Crippen LogP contribution < -0.4 is 0 Å². The second-order valence-corrected chi connectivity index (χ2v) is 6.60. The van der Waals surface area contributed by atoms with Crippen molar-refractivity contribution in [3.63, 3.8) is 0 Å². The minimum atomic E-state index is 0.639. The van der Waals surface area contributed by atoms with E-state index in [0.717, 1.165) is 35.3 Å². The summed E-state index contributed by atoms with van der Waals surface area (Å²) in [6.07, 6.45) is 8.59. The first kappa shape index (κ1) is 19.8. The van der Waals surface area contributed by atoms with Gasteiger partial charge in [0.25, 0.3) is 0 Å². The van der Waals surface area contributed by atoms with E-state index < -0.39 is 0 Å². The van der Waals surface area contributed by atoms with E-state index in [1.807, 2.05) is 12.2 Å². The molecule has 21 heavy (non-hydrogen) atoms. The second-order valence-electron chi connectivity index (χ2n) is 6.60. The van der Waals surface area contributed by atoms with Gasteiger partial charge in [0.2, 0.25) is 0 Å². The zero-order chi connectivity index (χ0) is 16.4. The highest BCUT2D eigenvalue weighted by Gasteiger charge is 2.13. The number of allylic oxidation sites excluding steroid dienone is 4. The van der Waals surface area contributed by atoms with E-state index >= 15 is 0 Å². The molecule has 0 N–H and O–H groups in total. The van der Waals surface area contributed by atoms with Crippen molar-refractivity contribution in [1.29, 1.82) is 0 Å². The van der Waals surface area contributed by atoms with Crippen molar-refractivity contribution >= 4 is 0 Å². The Morgan fingerprint density at radius 1 is 0.905 bits per heavy atom. The van der Waals surface area contributed by atoms with Gasteiger partial charge in [0.15, 0.2) is 0 Å². The molecule has 120 valence electrons. The Morgan fingerprint density at radius 2 is 1.48 bits per heavy atom. The lowest BCUT2D eigenvalue weighted by Crippen LogP contribution is -2.09. The van der Waals surface area contributed by atoms with Gasteiger partial charge in [0.05, 0.1) is 7.11 Å². The number of ether oxygens (including phenoxy) is 1. The van der Waals surface area contributed by atoms with Gasteiger partial charge in [-0.05, 0) is 47.8 Å². The monoisotopic (exact) mass is 290 g/mol. The first-order chi connectivity index (χ1) is 9.77. The quantitative estimate of drug-likeness (QED) is 0.320. The van der Waals surface area contributed by atoms with Crippen LogP contribution in [0.2, 0.25) is 0 Å². The topological polar surface area (TPSA) is 9.23 Å². The summed E-state index contributed by atoms with van der Waals surface area (Å²) in [5, 5.41) is 0. The lowest BCUT2D eigenvalue weighted by molar-refractivity contribution is 0.309. The smallest absolute Gasteiger partial charge is 0.111 e. The summed E-state index contributed by atoms with van der Waals surface area (Å²) in [5.74, 6) is 2.94. The Labute approximate surface area is 132 Å². The molecule has 1 nitrogen and oxygen atoms in total. The zero-order valence-electron chi connectivity index (χ0n) is 14.7. The highest BCUT2D eigenvalue weighted by Crippen LogP contribution is 2.26. The Balaban J connectivity index is 4.14. The van der Waals surface area contributed by atoms with Gasteiger partial charge in [-0.3, -0.25) is 0 Å². The van der Waals surface area contributed by atoms with Crippen LogP contribution in [0.15, 0.2) is 48.8 Å². The summed E-state index contributed by atoms with van der Waals surface area (Å²) in [5.41, 5.74) is 2.08. The summed E-state index contributed by atoms with van der Waals surface area (Å²) >= 11 is 0. The molecular formula is C20H34O. The van der Waals surface area contributed by atoms with Crippen LogP contribution in [-0.4, -0.2) is 7.11 Å². The van der Waals surface area contributed by atoms with E-state index in [-0.39, 0.29) is 0 Å². The van der Waals surface area contributed by atoms with E-state index in [4.69, 9.17) is 4.74 Å². The number of methoxy groups -OCH3 is 1. The maximum Gasteiger partial charge on any atom is 0.111 e. The first-order valence-electron chi connectivity index (χ1n) is 8.05. The number of hydrogen-bond acceptors (Lipinski definition) is 1. The van der Waals surface area contributed by atoms with Crippen molar-refractivity contribution in [3.05, 3.63) is 48.8 Å². The Bertz CT molecular complexity index is 373. The van der Waals surface area contributed by atoms with Crippen LogP contribution in [0.5, 0.6) is 0 Å². The second kappa shape index (κ2) is 10.5. The molecule has 0 saturated carbocycles. The summed E-state index contributed by atoms with van der Waals surface area (Å²) in [4.78, 5) is 0. The molecule has 2 unspecified atom stereocenters. The van der Waals surface area contributed by atoms with Crippen LogP contribution in [-0.2, 0) is 4.74 Å². The molecular weight excluding hydrogens is 256 g/mol. The molecule has 0 aromatic heterocycles. The lowest BCUT2D eigenvalue weighted by atomic mass is 9.85. The van der Waals surface area contributed by atoms with E-state index in [2.05, 4.69) is 47.4 Å². The molecule has 0 saturated heterocycles. The molecule has 0 radical (unpaired) electrons. The van der Waals surface area contributed by atoms with E-state index in [1.165, 1.54) is 19.3 Å². The van der Waals surface area contributed by atoms with Gasteiger partial charge in [-0.15, -0.1) is 0 Å². The van der Waals surface area contributed by atoms with Gasteiger partial charge in [-0.2, -0.15) is 0 Å². The van der Waals surface area contributed by atoms with Crippen molar-refractivity contribution in [2.24, 2.45) is 17.8 Å². The number of rotatable bonds is 11. The van der Waals surface area contributed by atoms with Gasteiger partial charge in [0, 0.05) is 0 Å². The fraction of sp³-hybridized carbons (Fsp3) is 0.600. The minimum Gasteiger partial charge on any atom is -0.497 e. The van der Waals surface area contributed by atoms with Crippen molar-refractivity contribution in [3.8, 4) is 0 Å². The molecule has 0 spiro atoms. The van der Waals surface area contributed by atoms with E-state index in [9.17, 15) is 0 Å². The van der Waals surface area contributed by atoms with Gasteiger partial charge in [0.1, 0.15) is 5.76 Å². The SMILES string of the molecule is C=C(/C=C\C(=C)C(=C)CCC(C)C(C)CCC(C)C)OC. The van der Waals surface area contributed by atoms with Gasteiger partial charge >= 0.3 is 0 Å².